The predicted octanol–water partition coefficient (Wildman–Crippen LogP) is 2.21. The van der Waals surface area contributed by atoms with Crippen LogP contribution in [0.1, 0.15) is 40.0 Å². The molecule has 4 atom stereocenters. The van der Waals surface area contributed by atoms with E-state index < -0.39 is 0 Å². The predicted molar refractivity (Wildman–Crippen MR) is 109 cm³/mol. The lowest BCUT2D eigenvalue weighted by Crippen LogP contribution is -2.42. The number of rotatable bonds is 4. The van der Waals surface area contributed by atoms with Crippen LogP contribution in [0.5, 0.6) is 0 Å². The van der Waals surface area contributed by atoms with E-state index in [2.05, 4.69) is 32.1 Å². The Bertz CT molecular complexity index is 964. The van der Waals surface area contributed by atoms with Crippen LogP contribution >= 0.6 is 0 Å². The monoisotopic (exact) mass is 393 g/mol. The van der Waals surface area contributed by atoms with E-state index in [-0.39, 0.29) is 17.6 Å². The molecule has 0 aliphatic carbocycles. The van der Waals surface area contributed by atoms with Crippen molar-refractivity contribution >= 4 is 11.7 Å². The molecule has 1 amide bonds. The molecule has 1 N–H and O–H groups in total. The number of fused-ring (bicyclic) bond motifs is 1. The molecule has 2 aromatic rings. The summed E-state index contributed by atoms with van der Waals surface area (Å²) in [5.41, 5.74) is 3.64. The minimum Gasteiger partial charge on any atom is -0.369 e. The normalized spacial score (nSPS) is 29.9. The number of carbonyl (C=O) groups is 1. The van der Waals surface area contributed by atoms with Gasteiger partial charge >= 0.3 is 0 Å². The third-order valence-electron chi connectivity index (χ3n) is 7.17. The molecular formula is C22H27N5O2. The summed E-state index contributed by atoms with van der Waals surface area (Å²) in [5.74, 6) is 1.70. The maximum absolute atomic E-state index is 12.7. The molecule has 5 rings (SSSR count). The first kappa shape index (κ1) is 18.5. The van der Waals surface area contributed by atoms with Crippen LogP contribution in [0.2, 0.25) is 0 Å². The van der Waals surface area contributed by atoms with Gasteiger partial charge in [-0.25, -0.2) is 9.97 Å². The zero-order valence-electron chi connectivity index (χ0n) is 17.2. The minimum absolute atomic E-state index is 0.0513. The lowest BCUT2D eigenvalue weighted by molar-refractivity contribution is 0.0141. The number of hydrogen-bond acceptors (Lipinski definition) is 6. The molecule has 0 radical (unpaired) electrons. The van der Waals surface area contributed by atoms with Gasteiger partial charge in [0.1, 0.15) is 12.1 Å². The van der Waals surface area contributed by atoms with E-state index >= 15 is 0 Å². The van der Waals surface area contributed by atoms with Crippen LogP contribution in [0.15, 0.2) is 24.8 Å². The molecule has 1 spiro atoms. The van der Waals surface area contributed by atoms with Crippen LogP contribution in [0.3, 0.4) is 0 Å². The van der Waals surface area contributed by atoms with Crippen LogP contribution in [0.4, 0.5) is 5.82 Å². The number of aromatic nitrogens is 3. The maximum atomic E-state index is 12.7. The number of anilines is 1. The fourth-order valence-electron chi connectivity index (χ4n) is 5.48. The first-order chi connectivity index (χ1) is 14.0. The number of nitrogens with zero attached hydrogens (tertiary/aromatic N) is 4. The number of ether oxygens (including phenoxy) is 1. The second kappa shape index (κ2) is 6.76. The SMILES string of the molecule is Cc1ccncc1C(=O)NC[C@H]1[C@H]2CN(c3ncnc(C)c3C)C[C@]23CC[C@H]1O3. The van der Waals surface area contributed by atoms with Crippen molar-refractivity contribution in [1.29, 1.82) is 0 Å². The van der Waals surface area contributed by atoms with Crippen molar-refractivity contribution < 1.29 is 9.53 Å². The Hall–Kier alpha value is -2.54. The van der Waals surface area contributed by atoms with Crippen LogP contribution < -0.4 is 10.2 Å². The van der Waals surface area contributed by atoms with E-state index in [0.29, 0.717) is 23.9 Å². The zero-order chi connectivity index (χ0) is 20.2. The Morgan fingerprint density at radius 3 is 3.03 bits per heavy atom. The van der Waals surface area contributed by atoms with Crippen molar-refractivity contribution in [2.75, 3.05) is 24.5 Å². The molecule has 152 valence electrons. The Kier molecular flexibility index (Phi) is 4.31. The zero-order valence-corrected chi connectivity index (χ0v) is 17.2. The van der Waals surface area contributed by atoms with E-state index in [1.54, 1.807) is 18.7 Å². The average molecular weight is 393 g/mol. The van der Waals surface area contributed by atoms with Crippen LogP contribution in [0, 0.1) is 32.6 Å². The number of pyridine rings is 1. The van der Waals surface area contributed by atoms with Crippen LogP contribution in [0.25, 0.3) is 0 Å². The highest BCUT2D eigenvalue weighted by atomic mass is 16.5. The number of aryl methyl sites for hydroxylation is 2. The Morgan fingerprint density at radius 2 is 2.21 bits per heavy atom. The van der Waals surface area contributed by atoms with Gasteiger partial charge in [0.25, 0.3) is 5.91 Å². The highest BCUT2D eigenvalue weighted by molar-refractivity contribution is 5.95. The van der Waals surface area contributed by atoms with Crippen molar-refractivity contribution in [3.05, 3.63) is 47.2 Å². The van der Waals surface area contributed by atoms with Gasteiger partial charge in [-0.1, -0.05) is 0 Å². The van der Waals surface area contributed by atoms with Gasteiger partial charge in [-0.05, 0) is 45.2 Å². The van der Waals surface area contributed by atoms with Crippen molar-refractivity contribution in [3.8, 4) is 0 Å². The topological polar surface area (TPSA) is 80.2 Å². The second-order valence-corrected chi connectivity index (χ2v) is 8.72. The summed E-state index contributed by atoms with van der Waals surface area (Å²) >= 11 is 0. The van der Waals surface area contributed by atoms with Crippen molar-refractivity contribution in [3.63, 3.8) is 0 Å². The summed E-state index contributed by atoms with van der Waals surface area (Å²) in [5, 5.41) is 3.15. The standard InChI is InChI=1S/C22H27N5O2/c1-13-5-7-23-8-16(13)21(28)24-9-17-18-10-27(11-22(18)6-4-19(17)29-22)20-14(2)15(3)25-12-26-20/h5,7-8,12,17-19H,4,6,9-11H2,1-3H3,(H,24,28)/t17-,18+,19+,22+/m0/s1. The smallest absolute Gasteiger partial charge is 0.253 e. The van der Waals surface area contributed by atoms with Gasteiger partial charge < -0.3 is 15.0 Å². The molecule has 7 nitrogen and oxygen atoms in total. The highest BCUT2D eigenvalue weighted by Gasteiger charge is 2.63. The number of nitrogens with one attached hydrogen (secondary N) is 1. The lowest BCUT2D eigenvalue weighted by atomic mass is 9.73. The van der Waals surface area contributed by atoms with Gasteiger partial charge in [-0.2, -0.15) is 0 Å². The molecule has 3 aliphatic rings. The summed E-state index contributed by atoms with van der Waals surface area (Å²) in [7, 11) is 0. The van der Waals surface area contributed by atoms with Gasteiger partial charge in [-0.15, -0.1) is 0 Å². The fourth-order valence-corrected chi connectivity index (χ4v) is 5.48. The van der Waals surface area contributed by atoms with Gasteiger partial charge in [0.05, 0.1) is 17.3 Å². The second-order valence-electron chi connectivity index (χ2n) is 8.72. The highest BCUT2D eigenvalue weighted by Crippen LogP contribution is 2.55. The third-order valence-corrected chi connectivity index (χ3v) is 7.17. The summed E-state index contributed by atoms with van der Waals surface area (Å²) in [6.07, 6.45) is 7.40. The van der Waals surface area contributed by atoms with Gasteiger partial charge in [0.2, 0.25) is 0 Å². The van der Waals surface area contributed by atoms with E-state index in [1.165, 1.54) is 0 Å². The van der Waals surface area contributed by atoms with E-state index in [1.807, 2.05) is 19.9 Å². The fraction of sp³-hybridized carbons (Fsp3) is 0.545. The molecule has 3 fully saturated rings. The lowest BCUT2D eigenvalue weighted by Gasteiger charge is -2.29. The van der Waals surface area contributed by atoms with Crippen LogP contribution in [-0.2, 0) is 4.74 Å². The molecular weight excluding hydrogens is 366 g/mol. The van der Waals surface area contributed by atoms with E-state index in [0.717, 1.165) is 48.6 Å². The van der Waals surface area contributed by atoms with Gasteiger partial charge in [0, 0.05) is 55.1 Å². The molecule has 2 bridgehead atoms. The van der Waals surface area contributed by atoms with Gasteiger partial charge in [-0.3, -0.25) is 9.78 Å². The van der Waals surface area contributed by atoms with Gasteiger partial charge in [0.15, 0.2) is 0 Å². The third kappa shape index (κ3) is 2.90. The maximum Gasteiger partial charge on any atom is 0.253 e. The summed E-state index contributed by atoms with van der Waals surface area (Å²) < 4.78 is 6.53. The number of amides is 1. The summed E-state index contributed by atoms with van der Waals surface area (Å²) in [6.45, 7) is 8.48. The molecule has 0 aromatic carbocycles. The van der Waals surface area contributed by atoms with Crippen molar-refractivity contribution in [2.45, 2.75) is 45.3 Å². The molecule has 2 aromatic heterocycles. The van der Waals surface area contributed by atoms with Crippen molar-refractivity contribution in [2.24, 2.45) is 11.8 Å². The van der Waals surface area contributed by atoms with E-state index in [4.69, 9.17) is 4.74 Å². The molecule has 5 heterocycles. The molecule has 3 aliphatic heterocycles. The van der Waals surface area contributed by atoms with E-state index in [9.17, 15) is 4.79 Å². The van der Waals surface area contributed by atoms with Crippen LogP contribution in [-0.4, -0.2) is 52.2 Å². The largest absolute Gasteiger partial charge is 0.369 e. The molecule has 7 heteroatoms. The summed E-state index contributed by atoms with van der Waals surface area (Å²) in [4.78, 5) is 28.0. The molecule has 29 heavy (non-hydrogen) atoms. The molecule has 0 saturated carbocycles. The average Bonchev–Trinajstić information content (AvgIpc) is 3.37. The molecule has 0 unspecified atom stereocenters. The number of hydrogen-bond donors (Lipinski definition) is 1. The quantitative estimate of drug-likeness (QED) is 0.858. The van der Waals surface area contributed by atoms with Crippen molar-refractivity contribution in [1.82, 2.24) is 20.3 Å². The number of carbonyl (C=O) groups excluding carboxylic acids is 1. The molecule has 3 saturated heterocycles. The Balaban J connectivity index is 1.32. The Morgan fingerprint density at radius 1 is 1.34 bits per heavy atom. The summed E-state index contributed by atoms with van der Waals surface area (Å²) in [6, 6.07) is 1.87. The first-order valence-corrected chi connectivity index (χ1v) is 10.4. The minimum atomic E-state index is -0.102. The Labute approximate surface area is 170 Å². The first-order valence-electron chi connectivity index (χ1n) is 10.4.